The molecule has 0 aromatic heterocycles. The highest BCUT2D eigenvalue weighted by Gasteiger charge is 2.22. The average Bonchev–Trinajstić information content (AvgIpc) is 2.58. The van der Waals surface area contributed by atoms with Gasteiger partial charge >= 0.3 is 6.03 Å². The quantitative estimate of drug-likeness (QED) is 0.850. The molecule has 1 aliphatic heterocycles. The topological polar surface area (TPSA) is 35.6 Å². The fraction of sp³-hybridized carbons (Fsp3) is 0.278. The Morgan fingerprint density at radius 2 is 1.76 bits per heavy atom. The minimum absolute atomic E-state index is 0.135. The molecule has 1 fully saturated rings. The lowest BCUT2D eigenvalue weighted by Gasteiger charge is -2.34. The average molecular weight is 382 g/mol. The standard InChI is InChI=1S/C18H18Cl2FN3O/c19-14-3-1-2-13(10-14)12-23-6-8-24(9-7-23)18(25)22-17-5-4-15(20)11-16(17)21/h1-5,10-11H,6-9,12H2,(H,22,25). The van der Waals surface area contributed by atoms with Crippen LogP contribution in [0, 0.1) is 5.82 Å². The van der Waals surface area contributed by atoms with Crippen LogP contribution in [0.4, 0.5) is 14.9 Å². The molecule has 2 aromatic rings. The highest BCUT2D eigenvalue weighted by molar-refractivity contribution is 6.30. The zero-order valence-electron chi connectivity index (χ0n) is 13.5. The summed E-state index contributed by atoms with van der Waals surface area (Å²) in [5.41, 5.74) is 1.28. The number of hydrogen-bond donors (Lipinski definition) is 1. The highest BCUT2D eigenvalue weighted by Crippen LogP contribution is 2.20. The second-order valence-electron chi connectivity index (χ2n) is 5.95. The van der Waals surface area contributed by atoms with E-state index in [-0.39, 0.29) is 11.7 Å². The lowest BCUT2D eigenvalue weighted by Crippen LogP contribution is -2.49. The van der Waals surface area contributed by atoms with Crippen LogP contribution in [0.5, 0.6) is 0 Å². The van der Waals surface area contributed by atoms with Gasteiger partial charge in [-0.25, -0.2) is 9.18 Å². The van der Waals surface area contributed by atoms with E-state index < -0.39 is 5.82 Å². The second kappa shape index (κ2) is 8.04. The Labute approximate surface area is 156 Å². The van der Waals surface area contributed by atoms with Crippen LogP contribution in [-0.2, 0) is 6.54 Å². The normalized spacial score (nSPS) is 15.2. The number of benzene rings is 2. The van der Waals surface area contributed by atoms with Crippen LogP contribution >= 0.6 is 23.2 Å². The van der Waals surface area contributed by atoms with E-state index in [0.29, 0.717) is 18.1 Å². The molecule has 7 heteroatoms. The third-order valence-electron chi connectivity index (χ3n) is 4.13. The van der Waals surface area contributed by atoms with Crippen molar-refractivity contribution in [3.8, 4) is 0 Å². The van der Waals surface area contributed by atoms with Gasteiger partial charge in [-0.2, -0.15) is 0 Å². The third kappa shape index (κ3) is 4.84. The Balaban J connectivity index is 1.52. The molecule has 0 atom stereocenters. The summed E-state index contributed by atoms with van der Waals surface area (Å²) >= 11 is 11.7. The Hall–Kier alpha value is -1.82. The van der Waals surface area contributed by atoms with Crippen LogP contribution in [0.1, 0.15) is 5.56 Å². The summed E-state index contributed by atoms with van der Waals surface area (Å²) in [7, 11) is 0. The largest absolute Gasteiger partial charge is 0.322 e. The second-order valence-corrected chi connectivity index (χ2v) is 6.82. The summed E-state index contributed by atoms with van der Waals surface area (Å²) in [6.45, 7) is 3.47. The molecule has 1 N–H and O–H groups in total. The molecule has 0 unspecified atom stereocenters. The van der Waals surface area contributed by atoms with Crippen LogP contribution < -0.4 is 5.32 Å². The van der Waals surface area contributed by atoms with E-state index >= 15 is 0 Å². The molecule has 0 aliphatic carbocycles. The summed E-state index contributed by atoms with van der Waals surface area (Å²) in [5.74, 6) is -0.541. The smallest absolute Gasteiger partial charge is 0.322 e. The number of nitrogens with one attached hydrogen (secondary N) is 1. The van der Waals surface area contributed by atoms with Gasteiger partial charge in [-0.05, 0) is 35.9 Å². The molecule has 132 valence electrons. The molecule has 4 nitrogen and oxygen atoms in total. The van der Waals surface area contributed by atoms with E-state index in [4.69, 9.17) is 23.2 Å². The number of amides is 2. The first-order chi connectivity index (χ1) is 12.0. The van der Waals surface area contributed by atoms with E-state index in [0.717, 1.165) is 30.2 Å². The van der Waals surface area contributed by atoms with Crippen LogP contribution in [0.2, 0.25) is 10.0 Å². The van der Waals surface area contributed by atoms with Crippen LogP contribution in [-0.4, -0.2) is 42.0 Å². The van der Waals surface area contributed by atoms with E-state index in [9.17, 15) is 9.18 Å². The first-order valence-corrected chi connectivity index (χ1v) is 8.74. The molecule has 0 radical (unpaired) electrons. The van der Waals surface area contributed by atoms with Gasteiger partial charge in [0.2, 0.25) is 0 Å². The number of halogens is 3. The molecule has 1 heterocycles. The number of carbonyl (C=O) groups excluding carboxylic acids is 1. The Morgan fingerprint density at radius 1 is 1.04 bits per heavy atom. The van der Waals surface area contributed by atoms with Gasteiger partial charge < -0.3 is 10.2 Å². The highest BCUT2D eigenvalue weighted by atomic mass is 35.5. The molecule has 2 aromatic carbocycles. The van der Waals surface area contributed by atoms with Gasteiger partial charge in [0.25, 0.3) is 0 Å². The Morgan fingerprint density at radius 3 is 2.44 bits per heavy atom. The van der Waals surface area contributed by atoms with Crippen molar-refractivity contribution in [2.75, 3.05) is 31.5 Å². The molecule has 2 amide bonds. The van der Waals surface area contributed by atoms with Gasteiger partial charge in [0.15, 0.2) is 0 Å². The SMILES string of the molecule is O=C(Nc1ccc(Cl)cc1F)N1CCN(Cc2cccc(Cl)c2)CC1. The monoisotopic (exact) mass is 381 g/mol. The van der Waals surface area contributed by atoms with Crippen molar-refractivity contribution in [2.24, 2.45) is 0 Å². The van der Waals surface area contributed by atoms with Gasteiger partial charge in [0.05, 0.1) is 5.69 Å². The molecule has 1 saturated heterocycles. The number of hydrogen-bond acceptors (Lipinski definition) is 2. The summed E-state index contributed by atoms with van der Waals surface area (Å²) in [4.78, 5) is 16.2. The molecular formula is C18H18Cl2FN3O. The van der Waals surface area contributed by atoms with E-state index in [1.165, 1.54) is 12.1 Å². The number of nitrogens with zero attached hydrogens (tertiary/aromatic N) is 2. The molecule has 1 aliphatic rings. The summed E-state index contributed by atoms with van der Waals surface area (Å²) < 4.78 is 13.8. The lowest BCUT2D eigenvalue weighted by molar-refractivity contribution is 0.143. The molecule has 25 heavy (non-hydrogen) atoms. The maximum atomic E-state index is 13.8. The molecule has 0 saturated carbocycles. The number of rotatable bonds is 3. The zero-order chi connectivity index (χ0) is 17.8. The number of anilines is 1. The first-order valence-electron chi connectivity index (χ1n) is 7.99. The fourth-order valence-corrected chi connectivity index (χ4v) is 3.16. The van der Waals surface area contributed by atoms with Crippen molar-refractivity contribution in [1.82, 2.24) is 9.80 Å². The molecule has 3 rings (SSSR count). The van der Waals surface area contributed by atoms with E-state index in [1.807, 2.05) is 24.3 Å². The van der Waals surface area contributed by atoms with Crippen molar-refractivity contribution in [2.45, 2.75) is 6.54 Å². The zero-order valence-corrected chi connectivity index (χ0v) is 15.0. The maximum absolute atomic E-state index is 13.8. The van der Waals surface area contributed by atoms with Gasteiger partial charge in [-0.3, -0.25) is 4.90 Å². The van der Waals surface area contributed by atoms with Gasteiger partial charge in [-0.15, -0.1) is 0 Å². The summed E-state index contributed by atoms with van der Waals surface area (Å²) in [6, 6.07) is 11.7. The number of carbonyl (C=O) groups is 1. The van der Waals surface area contributed by atoms with Crippen molar-refractivity contribution >= 4 is 34.9 Å². The lowest BCUT2D eigenvalue weighted by atomic mass is 10.2. The predicted octanol–water partition coefficient (Wildman–Crippen LogP) is 4.48. The van der Waals surface area contributed by atoms with Crippen LogP contribution in [0.3, 0.4) is 0 Å². The van der Waals surface area contributed by atoms with Gasteiger partial charge in [0, 0.05) is 42.8 Å². The van der Waals surface area contributed by atoms with Gasteiger partial charge in [0.1, 0.15) is 5.82 Å². The minimum Gasteiger partial charge on any atom is -0.322 e. The first kappa shape index (κ1) is 18.0. The van der Waals surface area contributed by atoms with Crippen LogP contribution in [0.25, 0.3) is 0 Å². The van der Waals surface area contributed by atoms with E-state index in [2.05, 4.69) is 10.2 Å². The van der Waals surface area contributed by atoms with Crippen molar-refractivity contribution < 1.29 is 9.18 Å². The third-order valence-corrected chi connectivity index (χ3v) is 4.60. The van der Waals surface area contributed by atoms with Crippen molar-refractivity contribution in [3.05, 3.63) is 63.9 Å². The Kier molecular flexibility index (Phi) is 5.78. The minimum atomic E-state index is -0.541. The number of piperazine rings is 1. The van der Waals surface area contributed by atoms with Crippen molar-refractivity contribution in [3.63, 3.8) is 0 Å². The predicted molar refractivity (Wildman–Crippen MR) is 98.7 cm³/mol. The molecule has 0 spiro atoms. The van der Waals surface area contributed by atoms with Crippen LogP contribution in [0.15, 0.2) is 42.5 Å². The van der Waals surface area contributed by atoms with Crippen molar-refractivity contribution in [1.29, 1.82) is 0 Å². The molecular weight excluding hydrogens is 364 g/mol. The summed E-state index contributed by atoms with van der Waals surface area (Å²) in [5, 5.41) is 3.62. The Bertz CT molecular complexity index is 764. The summed E-state index contributed by atoms with van der Waals surface area (Å²) in [6.07, 6.45) is 0. The molecule has 0 bridgehead atoms. The number of urea groups is 1. The van der Waals surface area contributed by atoms with Gasteiger partial charge in [-0.1, -0.05) is 35.3 Å². The fourth-order valence-electron chi connectivity index (χ4n) is 2.79. The van der Waals surface area contributed by atoms with E-state index in [1.54, 1.807) is 11.0 Å². The maximum Gasteiger partial charge on any atom is 0.322 e.